The first-order chi connectivity index (χ1) is 8.78. The van der Waals surface area contributed by atoms with Gasteiger partial charge in [0.2, 0.25) is 0 Å². The summed E-state index contributed by atoms with van der Waals surface area (Å²) in [5.74, 6) is 0.601. The molecule has 2 rings (SSSR count). The van der Waals surface area contributed by atoms with Crippen molar-refractivity contribution >= 4 is 6.21 Å². The van der Waals surface area contributed by atoms with E-state index in [9.17, 15) is 4.39 Å². The van der Waals surface area contributed by atoms with E-state index in [0.29, 0.717) is 6.54 Å². The van der Waals surface area contributed by atoms with Crippen LogP contribution >= 0.6 is 0 Å². The van der Waals surface area contributed by atoms with Gasteiger partial charge < -0.3 is 4.74 Å². The van der Waals surface area contributed by atoms with Gasteiger partial charge in [-0.05, 0) is 47.5 Å². The number of aliphatic imine (C=N–C) groups is 1. The normalized spacial score (nSPS) is 10.8. The fourth-order valence-electron chi connectivity index (χ4n) is 1.54. The first-order valence-electron chi connectivity index (χ1n) is 5.66. The zero-order chi connectivity index (χ0) is 12.8. The van der Waals surface area contributed by atoms with Crippen molar-refractivity contribution in [1.29, 1.82) is 0 Å². The van der Waals surface area contributed by atoms with Crippen LogP contribution in [0.15, 0.2) is 53.5 Å². The Morgan fingerprint density at radius 3 is 2.33 bits per heavy atom. The highest BCUT2D eigenvalue weighted by atomic mass is 19.1. The van der Waals surface area contributed by atoms with Crippen LogP contribution in [0.5, 0.6) is 5.75 Å². The average Bonchev–Trinajstić information content (AvgIpc) is 2.42. The molecule has 0 unspecified atom stereocenters. The van der Waals surface area contributed by atoms with Crippen molar-refractivity contribution in [3.8, 4) is 5.75 Å². The molecule has 0 N–H and O–H groups in total. The molecule has 0 fully saturated rings. The van der Waals surface area contributed by atoms with Gasteiger partial charge in [0.25, 0.3) is 0 Å². The van der Waals surface area contributed by atoms with Crippen LogP contribution in [-0.2, 0) is 6.54 Å². The fourth-order valence-corrected chi connectivity index (χ4v) is 1.54. The van der Waals surface area contributed by atoms with Crippen molar-refractivity contribution in [3.05, 3.63) is 65.5 Å². The van der Waals surface area contributed by atoms with Gasteiger partial charge in [-0.2, -0.15) is 0 Å². The molecule has 18 heavy (non-hydrogen) atoms. The van der Waals surface area contributed by atoms with Crippen LogP contribution in [0.25, 0.3) is 0 Å². The van der Waals surface area contributed by atoms with Gasteiger partial charge in [-0.25, -0.2) is 4.39 Å². The monoisotopic (exact) mass is 243 g/mol. The van der Waals surface area contributed by atoms with E-state index in [1.165, 1.54) is 12.1 Å². The predicted octanol–water partition coefficient (Wildman–Crippen LogP) is 3.45. The maximum Gasteiger partial charge on any atom is 0.123 e. The van der Waals surface area contributed by atoms with Crippen LogP contribution in [0.1, 0.15) is 11.1 Å². The van der Waals surface area contributed by atoms with Crippen LogP contribution in [-0.4, -0.2) is 13.3 Å². The van der Waals surface area contributed by atoms with Crippen LogP contribution in [0.2, 0.25) is 0 Å². The van der Waals surface area contributed by atoms with E-state index in [1.54, 1.807) is 25.5 Å². The second-order valence-electron chi connectivity index (χ2n) is 3.87. The molecule has 2 aromatic rings. The SMILES string of the molecule is COc1ccc(/C=N/Cc2ccc(F)cc2)cc1. The summed E-state index contributed by atoms with van der Waals surface area (Å²) in [5.41, 5.74) is 2.00. The van der Waals surface area contributed by atoms with Gasteiger partial charge in [0.1, 0.15) is 11.6 Å². The van der Waals surface area contributed by atoms with Gasteiger partial charge in [-0.15, -0.1) is 0 Å². The zero-order valence-electron chi connectivity index (χ0n) is 10.1. The van der Waals surface area contributed by atoms with E-state index < -0.39 is 0 Å². The second kappa shape index (κ2) is 5.96. The third kappa shape index (κ3) is 3.42. The molecule has 0 aliphatic heterocycles. The molecule has 0 saturated carbocycles. The molecule has 0 saturated heterocycles. The van der Waals surface area contributed by atoms with Crippen molar-refractivity contribution < 1.29 is 9.13 Å². The molecule has 0 amide bonds. The van der Waals surface area contributed by atoms with Gasteiger partial charge in [0.15, 0.2) is 0 Å². The number of rotatable bonds is 4. The Morgan fingerprint density at radius 2 is 1.72 bits per heavy atom. The number of ether oxygens (including phenoxy) is 1. The summed E-state index contributed by atoms with van der Waals surface area (Å²) in [7, 11) is 1.64. The number of hydrogen-bond donors (Lipinski definition) is 0. The summed E-state index contributed by atoms with van der Waals surface area (Å²) < 4.78 is 17.8. The molecule has 0 bridgehead atoms. The molecule has 0 aliphatic carbocycles. The van der Waals surface area contributed by atoms with Gasteiger partial charge >= 0.3 is 0 Å². The van der Waals surface area contributed by atoms with E-state index >= 15 is 0 Å². The first-order valence-corrected chi connectivity index (χ1v) is 5.66. The van der Waals surface area contributed by atoms with Crippen molar-refractivity contribution in [3.63, 3.8) is 0 Å². The minimum absolute atomic E-state index is 0.224. The molecule has 3 heteroatoms. The van der Waals surface area contributed by atoms with E-state index in [4.69, 9.17) is 4.74 Å². The topological polar surface area (TPSA) is 21.6 Å². The minimum atomic E-state index is -0.224. The van der Waals surface area contributed by atoms with Crippen molar-refractivity contribution in [2.24, 2.45) is 4.99 Å². The predicted molar refractivity (Wildman–Crippen MR) is 70.7 cm³/mol. The van der Waals surface area contributed by atoms with E-state index in [2.05, 4.69) is 4.99 Å². The quantitative estimate of drug-likeness (QED) is 0.754. The van der Waals surface area contributed by atoms with Crippen molar-refractivity contribution in [2.75, 3.05) is 7.11 Å². The van der Waals surface area contributed by atoms with E-state index in [0.717, 1.165) is 16.9 Å². The summed E-state index contributed by atoms with van der Waals surface area (Å²) in [6, 6.07) is 14.0. The summed E-state index contributed by atoms with van der Waals surface area (Å²) in [5, 5.41) is 0. The van der Waals surface area contributed by atoms with Crippen molar-refractivity contribution in [1.82, 2.24) is 0 Å². The smallest absolute Gasteiger partial charge is 0.123 e. The van der Waals surface area contributed by atoms with Gasteiger partial charge in [-0.1, -0.05) is 12.1 Å². The Hall–Kier alpha value is -2.16. The molecule has 0 heterocycles. The average molecular weight is 243 g/mol. The standard InChI is InChI=1S/C15H14FNO/c1-18-15-8-4-13(5-9-15)11-17-10-12-2-6-14(16)7-3-12/h2-9,11H,10H2,1H3/b17-11+. The number of benzene rings is 2. The highest BCUT2D eigenvalue weighted by molar-refractivity contribution is 5.79. The number of halogens is 1. The first kappa shape index (κ1) is 12.3. The van der Waals surface area contributed by atoms with E-state index in [1.807, 2.05) is 24.3 Å². The maximum absolute atomic E-state index is 12.7. The van der Waals surface area contributed by atoms with Gasteiger partial charge in [0, 0.05) is 6.21 Å². The lowest BCUT2D eigenvalue weighted by Gasteiger charge is -1.99. The number of methoxy groups -OCH3 is 1. The van der Waals surface area contributed by atoms with Gasteiger partial charge in [0.05, 0.1) is 13.7 Å². The largest absolute Gasteiger partial charge is 0.497 e. The Balaban J connectivity index is 1.96. The number of hydrogen-bond acceptors (Lipinski definition) is 2. The molecular formula is C15H14FNO. The summed E-state index contributed by atoms with van der Waals surface area (Å²) >= 11 is 0. The maximum atomic E-state index is 12.7. The molecule has 0 aliphatic rings. The van der Waals surface area contributed by atoms with Crippen LogP contribution in [0.3, 0.4) is 0 Å². The van der Waals surface area contributed by atoms with Crippen LogP contribution in [0, 0.1) is 5.82 Å². The molecule has 92 valence electrons. The Bertz CT molecular complexity index is 517. The molecule has 0 atom stereocenters. The zero-order valence-corrected chi connectivity index (χ0v) is 10.1. The van der Waals surface area contributed by atoms with Gasteiger partial charge in [-0.3, -0.25) is 4.99 Å². The lowest BCUT2D eigenvalue weighted by molar-refractivity contribution is 0.415. The summed E-state index contributed by atoms with van der Waals surface area (Å²) in [6.45, 7) is 0.548. The highest BCUT2D eigenvalue weighted by Gasteiger charge is 1.93. The fraction of sp³-hybridized carbons (Fsp3) is 0.133. The summed E-state index contributed by atoms with van der Waals surface area (Å²) in [6.07, 6.45) is 1.79. The minimum Gasteiger partial charge on any atom is -0.497 e. The van der Waals surface area contributed by atoms with Crippen LogP contribution in [0.4, 0.5) is 4.39 Å². The lowest BCUT2D eigenvalue weighted by atomic mass is 10.2. The summed E-state index contributed by atoms with van der Waals surface area (Å²) in [4.78, 5) is 4.31. The third-order valence-electron chi connectivity index (χ3n) is 2.54. The van der Waals surface area contributed by atoms with Crippen molar-refractivity contribution in [2.45, 2.75) is 6.54 Å². The van der Waals surface area contributed by atoms with Crippen LogP contribution < -0.4 is 4.74 Å². The molecule has 0 aromatic heterocycles. The second-order valence-corrected chi connectivity index (χ2v) is 3.87. The lowest BCUT2D eigenvalue weighted by Crippen LogP contribution is -1.86. The molecule has 2 aromatic carbocycles. The Kier molecular flexibility index (Phi) is 4.07. The third-order valence-corrected chi connectivity index (χ3v) is 2.54. The van der Waals surface area contributed by atoms with E-state index in [-0.39, 0.29) is 5.82 Å². The Morgan fingerprint density at radius 1 is 1.06 bits per heavy atom. The molecule has 0 radical (unpaired) electrons. The Labute approximate surface area is 106 Å². The molecule has 0 spiro atoms. The molecule has 2 nitrogen and oxygen atoms in total. The molecular weight excluding hydrogens is 229 g/mol. The number of nitrogens with zero attached hydrogens (tertiary/aromatic N) is 1. The highest BCUT2D eigenvalue weighted by Crippen LogP contribution is 2.10.